The second-order valence-corrected chi connectivity index (χ2v) is 8.78. The molecule has 4 rings (SSSR count). The van der Waals surface area contributed by atoms with Gasteiger partial charge in [0.1, 0.15) is 10.8 Å². The minimum atomic E-state index is -0.740. The van der Waals surface area contributed by atoms with Crippen molar-refractivity contribution in [1.29, 1.82) is 0 Å². The monoisotopic (exact) mass is 553 g/mol. The Kier molecular flexibility index (Phi) is 8.25. The third-order valence-electron chi connectivity index (χ3n) is 5.54. The number of hydrogen-bond acceptors (Lipinski definition) is 9. The molecular formula is C27H24FN3O7S. The fourth-order valence-corrected chi connectivity index (χ4v) is 4.71. The fourth-order valence-electron chi connectivity index (χ4n) is 3.77. The van der Waals surface area contributed by atoms with Crippen LogP contribution in [0, 0.1) is 5.82 Å². The maximum absolute atomic E-state index is 13.5. The van der Waals surface area contributed by atoms with Crippen LogP contribution in [0.5, 0.6) is 17.2 Å². The molecule has 12 heteroatoms. The van der Waals surface area contributed by atoms with Crippen LogP contribution in [0.2, 0.25) is 0 Å². The summed E-state index contributed by atoms with van der Waals surface area (Å²) in [5.41, 5.74) is 0.123. The molecule has 0 saturated carbocycles. The Morgan fingerprint density at radius 2 is 1.74 bits per heavy atom. The van der Waals surface area contributed by atoms with Gasteiger partial charge in [-0.25, -0.2) is 9.18 Å². The first kappa shape index (κ1) is 27.3. The Labute approximate surface area is 226 Å². The van der Waals surface area contributed by atoms with Crippen LogP contribution in [0.15, 0.2) is 52.6 Å². The molecule has 0 aliphatic carbocycles. The molecule has 0 aliphatic heterocycles. The van der Waals surface area contributed by atoms with Crippen molar-refractivity contribution >= 4 is 45.1 Å². The van der Waals surface area contributed by atoms with Gasteiger partial charge in [-0.05, 0) is 55.0 Å². The van der Waals surface area contributed by atoms with Gasteiger partial charge in [0.25, 0.3) is 5.56 Å². The lowest BCUT2D eigenvalue weighted by Crippen LogP contribution is -2.25. The van der Waals surface area contributed by atoms with Gasteiger partial charge in [-0.1, -0.05) is 0 Å². The Morgan fingerprint density at radius 3 is 2.33 bits per heavy atom. The predicted octanol–water partition coefficient (Wildman–Crippen LogP) is 4.44. The second-order valence-electron chi connectivity index (χ2n) is 7.90. The van der Waals surface area contributed by atoms with Crippen LogP contribution < -0.4 is 25.1 Å². The van der Waals surface area contributed by atoms with E-state index in [2.05, 4.69) is 10.4 Å². The van der Waals surface area contributed by atoms with Gasteiger partial charge in [0.2, 0.25) is 11.7 Å². The number of ether oxygens (including phenoxy) is 4. The first-order valence-corrected chi connectivity index (χ1v) is 12.5. The molecule has 0 spiro atoms. The molecule has 0 bridgehead atoms. The van der Waals surface area contributed by atoms with Crippen LogP contribution in [0.25, 0.3) is 22.5 Å². The Hall–Kier alpha value is -4.71. The van der Waals surface area contributed by atoms with Crippen LogP contribution in [-0.4, -0.2) is 49.6 Å². The molecule has 2 aromatic carbocycles. The number of methoxy groups -OCH3 is 3. The molecule has 0 saturated heterocycles. The van der Waals surface area contributed by atoms with Gasteiger partial charge < -0.3 is 24.3 Å². The molecule has 0 fully saturated rings. The quantitative estimate of drug-likeness (QED) is 0.239. The van der Waals surface area contributed by atoms with Gasteiger partial charge in [0.05, 0.1) is 39.0 Å². The van der Waals surface area contributed by atoms with E-state index in [0.29, 0.717) is 22.8 Å². The van der Waals surface area contributed by atoms with Gasteiger partial charge in [0, 0.05) is 16.8 Å². The van der Waals surface area contributed by atoms with Crippen molar-refractivity contribution < 1.29 is 32.9 Å². The molecule has 0 aliphatic rings. The number of amides is 1. The fraction of sp³-hybridized carbons (Fsp3) is 0.185. The van der Waals surface area contributed by atoms with E-state index in [1.807, 2.05) is 0 Å². The van der Waals surface area contributed by atoms with E-state index in [1.54, 1.807) is 24.4 Å². The van der Waals surface area contributed by atoms with Crippen molar-refractivity contribution in [2.45, 2.75) is 6.92 Å². The standard InChI is InChI=1S/C27H24FN3O7S/c1-5-38-27(34)23-18-14-39-25(22(18)26(33)31(30-23)17-9-7-16(28)8-10-17)29-21(32)11-6-15-12-19(35-2)24(37-4)20(13-15)36-3/h6-14H,5H2,1-4H3,(H,29,32). The van der Waals surface area contributed by atoms with Crippen LogP contribution in [-0.2, 0) is 9.53 Å². The molecule has 202 valence electrons. The first-order chi connectivity index (χ1) is 18.8. The average Bonchev–Trinajstić information content (AvgIpc) is 3.36. The van der Waals surface area contributed by atoms with Crippen molar-refractivity contribution in [3.63, 3.8) is 0 Å². The zero-order valence-corrected chi connectivity index (χ0v) is 22.3. The molecule has 1 amide bonds. The highest BCUT2D eigenvalue weighted by atomic mass is 32.1. The highest BCUT2D eigenvalue weighted by Gasteiger charge is 2.23. The number of fused-ring (bicyclic) bond motifs is 1. The van der Waals surface area contributed by atoms with Crippen LogP contribution >= 0.6 is 11.3 Å². The van der Waals surface area contributed by atoms with Gasteiger partial charge in [-0.15, -0.1) is 11.3 Å². The van der Waals surface area contributed by atoms with E-state index in [1.165, 1.54) is 57.7 Å². The highest BCUT2D eigenvalue weighted by Crippen LogP contribution is 2.38. The number of benzene rings is 2. The number of nitrogens with zero attached hydrogens (tertiary/aromatic N) is 2. The number of aromatic nitrogens is 2. The van der Waals surface area contributed by atoms with Crippen molar-refractivity contribution in [2.75, 3.05) is 33.3 Å². The molecule has 2 aromatic heterocycles. The topological polar surface area (TPSA) is 118 Å². The SMILES string of the molecule is CCOC(=O)c1nn(-c2ccc(F)cc2)c(=O)c2c(NC(=O)C=Cc3cc(OC)c(OC)c(OC)c3)scc12. The summed E-state index contributed by atoms with van der Waals surface area (Å²) in [6.45, 7) is 1.74. The summed E-state index contributed by atoms with van der Waals surface area (Å²) >= 11 is 1.06. The molecule has 4 aromatic rings. The summed E-state index contributed by atoms with van der Waals surface area (Å²) < 4.78 is 35.6. The van der Waals surface area contributed by atoms with E-state index in [9.17, 15) is 18.8 Å². The normalized spacial score (nSPS) is 11.0. The van der Waals surface area contributed by atoms with E-state index in [0.717, 1.165) is 16.0 Å². The highest BCUT2D eigenvalue weighted by molar-refractivity contribution is 7.16. The number of carbonyl (C=O) groups excluding carboxylic acids is 2. The molecule has 2 heterocycles. The van der Waals surface area contributed by atoms with Gasteiger partial charge in [-0.2, -0.15) is 9.78 Å². The zero-order chi connectivity index (χ0) is 28.1. The smallest absolute Gasteiger partial charge is 0.359 e. The number of rotatable bonds is 9. The number of thiophene rings is 1. The lowest BCUT2D eigenvalue weighted by atomic mass is 10.1. The number of carbonyl (C=O) groups is 2. The molecule has 10 nitrogen and oxygen atoms in total. The molecule has 0 radical (unpaired) electrons. The minimum absolute atomic E-state index is 0.0666. The third kappa shape index (κ3) is 5.60. The average molecular weight is 554 g/mol. The predicted molar refractivity (Wildman–Crippen MR) is 145 cm³/mol. The molecular weight excluding hydrogens is 529 g/mol. The lowest BCUT2D eigenvalue weighted by Gasteiger charge is -2.12. The van der Waals surface area contributed by atoms with Gasteiger partial charge >= 0.3 is 5.97 Å². The van der Waals surface area contributed by atoms with Crippen molar-refractivity contribution in [1.82, 2.24) is 9.78 Å². The summed E-state index contributed by atoms with van der Waals surface area (Å²) in [4.78, 5) is 39.0. The van der Waals surface area contributed by atoms with Gasteiger partial charge in [-0.3, -0.25) is 9.59 Å². The third-order valence-corrected chi connectivity index (χ3v) is 6.44. The van der Waals surface area contributed by atoms with Crippen LogP contribution in [0.3, 0.4) is 0 Å². The van der Waals surface area contributed by atoms with Crippen molar-refractivity contribution in [3.8, 4) is 22.9 Å². The number of esters is 1. The van der Waals surface area contributed by atoms with E-state index >= 15 is 0 Å². The lowest BCUT2D eigenvalue weighted by molar-refractivity contribution is -0.111. The molecule has 39 heavy (non-hydrogen) atoms. The molecule has 1 N–H and O–H groups in total. The number of anilines is 1. The minimum Gasteiger partial charge on any atom is -0.493 e. The Bertz CT molecular complexity index is 1600. The number of halogens is 1. The Morgan fingerprint density at radius 1 is 1.08 bits per heavy atom. The van der Waals surface area contributed by atoms with E-state index in [4.69, 9.17) is 18.9 Å². The molecule has 0 atom stereocenters. The van der Waals surface area contributed by atoms with Crippen LogP contribution in [0.1, 0.15) is 23.0 Å². The Balaban J connectivity index is 1.73. The molecule has 0 unspecified atom stereocenters. The summed E-state index contributed by atoms with van der Waals surface area (Å²) in [5, 5.41) is 8.93. The van der Waals surface area contributed by atoms with Crippen molar-refractivity contribution in [2.24, 2.45) is 0 Å². The zero-order valence-electron chi connectivity index (χ0n) is 21.4. The first-order valence-electron chi connectivity index (χ1n) is 11.6. The number of hydrogen-bond donors (Lipinski definition) is 1. The summed E-state index contributed by atoms with van der Waals surface area (Å²) in [6, 6.07) is 8.39. The summed E-state index contributed by atoms with van der Waals surface area (Å²) in [7, 11) is 4.46. The summed E-state index contributed by atoms with van der Waals surface area (Å²) in [6.07, 6.45) is 2.82. The number of nitrogens with one attached hydrogen (secondary N) is 1. The van der Waals surface area contributed by atoms with Crippen molar-refractivity contribution in [3.05, 3.63) is 75.3 Å². The second kappa shape index (κ2) is 11.8. The van der Waals surface area contributed by atoms with Crippen LogP contribution in [0.4, 0.5) is 9.39 Å². The summed E-state index contributed by atoms with van der Waals surface area (Å²) in [5.74, 6) is -0.523. The maximum Gasteiger partial charge on any atom is 0.359 e. The largest absolute Gasteiger partial charge is 0.493 e. The van der Waals surface area contributed by atoms with E-state index in [-0.39, 0.29) is 33.8 Å². The van der Waals surface area contributed by atoms with Gasteiger partial charge in [0.15, 0.2) is 17.2 Å². The van der Waals surface area contributed by atoms with E-state index < -0.39 is 23.3 Å². The maximum atomic E-state index is 13.5.